The van der Waals surface area contributed by atoms with Crippen LogP contribution in [0, 0.1) is 0 Å². The lowest BCUT2D eigenvalue weighted by molar-refractivity contribution is -0.131. The maximum Gasteiger partial charge on any atom is 0.227 e. The molecule has 4 heteroatoms. The number of rotatable bonds is 8. The molecule has 2 aromatic carbocycles. The Morgan fingerprint density at radius 1 is 1.00 bits per heavy atom. The highest BCUT2D eigenvalue weighted by Crippen LogP contribution is 2.14. The Bertz CT molecular complexity index is 613. The van der Waals surface area contributed by atoms with E-state index >= 15 is 0 Å². The molecule has 0 saturated heterocycles. The van der Waals surface area contributed by atoms with Gasteiger partial charge >= 0.3 is 0 Å². The molecular weight excluding hydrogens is 290 g/mol. The second kappa shape index (κ2) is 8.96. The summed E-state index contributed by atoms with van der Waals surface area (Å²) in [7, 11) is 3.27. The molecule has 23 heavy (non-hydrogen) atoms. The topological polar surface area (TPSA) is 38.8 Å². The van der Waals surface area contributed by atoms with Crippen LogP contribution in [0.4, 0.5) is 0 Å². The molecule has 0 aliphatic heterocycles. The Kier molecular flexibility index (Phi) is 6.63. The van der Waals surface area contributed by atoms with Crippen molar-refractivity contribution in [3.63, 3.8) is 0 Å². The first-order valence-corrected chi connectivity index (χ1v) is 7.66. The van der Waals surface area contributed by atoms with Gasteiger partial charge < -0.3 is 14.4 Å². The van der Waals surface area contributed by atoms with Gasteiger partial charge in [0.05, 0.1) is 20.1 Å². The van der Waals surface area contributed by atoms with E-state index in [0.29, 0.717) is 26.1 Å². The maximum absolute atomic E-state index is 12.7. The SMILES string of the molecule is COCCN(Cc1ccccc1)C(=O)Cc1cccc(OC)c1. The second-order valence-corrected chi connectivity index (χ2v) is 5.32. The Morgan fingerprint density at radius 2 is 1.74 bits per heavy atom. The Balaban J connectivity index is 2.06. The molecule has 122 valence electrons. The summed E-state index contributed by atoms with van der Waals surface area (Å²) in [6, 6.07) is 17.6. The largest absolute Gasteiger partial charge is 0.497 e. The fourth-order valence-electron chi connectivity index (χ4n) is 2.37. The van der Waals surface area contributed by atoms with Gasteiger partial charge in [0.25, 0.3) is 0 Å². The van der Waals surface area contributed by atoms with E-state index in [4.69, 9.17) is 9.47 Å². The molecule has 0 aromatic heterocycles. The molecule has 0 aliphatic rings. The first-order valence-electron chi connectivity index (χ1n) is 7.66. The summed E-state index contributed by atoms with van der Waals surface area (Å²) in [6.45, 7) is 1.69. The molecule has 0 atom stereocenters. The van der Waals surface area contributed by atoms with Gasteiger partial charge in [-0.2, -0.15) is 0 Å². The van der Waals surface area contributed by atoms with Crippen molar-refractivity contribution in [2.24, 2.45) is 0 Å². The van der Waals surface area contributed by atoms with Gasteiger partial charge in [-0.3, -0.25) is 4.79 Å². The van der Waals surface area contributed by atoms with Crippen molar-refractivity contribution in [1.82, 2.24) is 4.90 Å². The molecule has 0 radical (unpaired) electrons. The van der Waals surface area contributed by atoms with Crippen LogP contribution in [0.15, 0.2) is 54.6 Å². The van der Waals surface area contributed by atoms with Crippen molar-refractivity contribution < 1.29 is 14.3 Å². The minimum atomic E-state index is 0.0826. The van der Waals surface area contributed by atoms with Crippen molar-refractivity contribution in [1.29, 1.82) is 0 Å². The molecule has 0 spiro atoms. The van der Waals surface area contributed by atoms with Crippen LogP contribution >= 0.6 is 0 Å². The monoisotopic (exact) mass is 313 g/mol. The van der Waals surface area contributed by atoms with E-state index in [2.05, 4.69) is 0 Å². The molecule has 0 N–H and O–H groups in total. The summed E-state index contributed by atoms with van der Waals surface area (Å²) < 4.78 is 10.3. The van der Waals surface area contributed by atoms with E-state index in [1.165, 1.54) is 0 Å². The number of carbonyl (C=O) groups is 1. The van der Waals surface area contributed by atoms with Gasteiger partial charge in [-0.15, -0.1) is 0 Å². The van der Waals surface area contributed by atoms with Crippen LogP contribution in [-0.4, -0.2) is 38.2 Å². The van der Waals surface area contributed by atoms with Crippen LogP contribution in [0.1, 0.15) is 11.1 Å². The summed E-state index contributed by atoms with van der Waals surface area (Å²) in [5.41, 5.74) is 2.06. The highest BCUT2D eigenvalue weighted by atomic mass is 16.5. The molecule has 0 heterocycles. The molecule has 0 bridgehead atoms. The minimum absolute atomic E-state index is 0.0826. The number of nitrogens with zero attached hydrogens (tertiary/aromatic N) is 1. The van der Waals surface area contributed by atoms with E-state index in [0.717, 1.165) is 16.9 Å². The van der Waals surface area contributed by atoms with Crippen LogP contribution in [0.5, 0.6) is 5.75 Å². The van der Waals surface area contributed by atoms with Gasteiger partial charge in [-0.1, -0.05) is 42.5 Å². The quantitative estimate of drug-likeness (QED) is 0.752. The number of hydrogen-bond donors (Lipinski definition) is 0. The van der Waals surface area contributed by atoms with E-state index in [1.807, 2.05) is 59.5 Å². The third kappa shape index (κ3) is 5.42. The Hall–Kier alpha value is -2.33. The van der Waals surface area contributed by atoms with E-state index < -0.39 is 0 Å². The highest BCUT2D eigenvalue weighted by molar-refractivity contribution is 5.79. The third-order valence-electron chi connectivity index (χ3n) is 3.62. The fourth-order valence-corrected chi connectivity index (χ4v) is 2.37. The van der Waals surface area contributed by atoms with Gasteiger partial charge in [0.2, 0.25) is 5.91 Å². The van der Waals surface area contributed by atoms with Crippen LogP contribution in [-0.2, 0) is 22.5 Å². The summed E-state index contributed by atoms with van der Waals surface area (Å²) in [6.07, 6.45) is 0.355. The van der Waals surface area contributed by atoms with Crippen molar-refractivity contribution in [3.8, 4) is 5.75 Å². The summed E-state index contributed by atoms with van der Waals surface area (Å²) in [4.78, 5) is 14.5. The first kappa shape index (κ1) is 17.0. The van der Waals surface area contributed by atoms with Crippen LogP contribution in [0.25, 0.3) is 0 Å². The van der Waals surface area contributed by atoms with Gasteiger partial charge in [-0.05, 0) is 23.3 Å². The highest BCUT2D eigenvalue weighted by Gasteiger charge is 2.14. The van der Waals surface area contributed by atoms with Crippen LogP contribution in [0.3, 0.4) is 0 Å². The van der Waals surface area contributed by atoms with Crippen molar-refractivity contribution >= 4 is 5.91 Å². The zero-order chi connectivity index (χ0) is 16.5. The van der Waals surface area contributed by atoms with Gasteiger partial charge in [0.1, 0.15) is 5.75 Å². The first-order chi connectivity index (χ1) is 11.2. The summed E-state index contributed by atoms with van der Waals surface area (Å²) in [5.74, 6) is 0.848. The Labute approximate surface area is 137 Å². The van der Waals surface area contributed by atoms with E-state index in [9.17, 15) is 4.79 Å². The smallest absolute Gasteiger partial charge is 0.227 e. The predicted molar refractivity (Wildman–Crippen MR) is 90.4 cm³/mol. The molecule has 0 fully saturated rings. The maximum atomic E-state index is 12.7. The molecule has 2 aromatic rings. The summed E-state index contributed by atoms with van der Waals surface area (Å²) >= 11 is 0. The Morgan fingerprint density at radius 3 is 2.43 bits per heavy atom. The van der Waals surface area contributed by atoms with Crippen LogP contribution < -0.4 is 4.74 Å². The van der Waals surface area contributed by atoms with Gasteiger partial charge in [-0.25, -0.2) is 0 Å². The van der Waals surface area contributed by atoms with Gasteiger partial charge in [0, 0.05) is 20.2 Å². The predicted octanol–water partition coefficient (Wildman–Crippen LogP) is 2.91. The molecule has 2 rings (SSSR count). The van der Waals surface area contributed by atoms with Crippen molar-refractivity contribution in [3.05, 3.63) is 65.7 Å². The average Bonchev–Trinajstić information content (AvgIpc) is 2.59. The molecular formula is C19H23NO3. The zero-order valence-electron chi connectivity index (χ0n) is 13.7. The number of hydrogen-bond acceptors (Lipinski definition) is 3. The number of ether oxygens (including phenoxy) is 2. The minimum Gasteiger partial charge on any atom is -0.497 e. The van der Waals surface area contributed by atoms with Crippen molar-refractivity contribution in [2.75, 3.05) is 27.4 Å². The second-order valence-electron chi connectivity index (χ2n) is 5.32. The standard InChI is InChI=1S/C19H23NO3/c1-22-12-11-20(15-16-7-4-3-5-8-16)19(21)14-17-9-6-10-18(13-17)23-2/h3-10,13H,11-12,14-15H2,1-2H3. The van der Waals surface area contributed by atoms with Crippen LogP contribution in [0.2, 0.25) is 0 Å². The fraction of sp³-hybridized carbons (Fsp3) is 0.316. The molecule has 0 unspecified atom stereocenters. The van der Waals surface area contributed by atoms with E-state index in [-0.39, 0.29) is 5.91 Å². The number of methoxy groups -OCH3 is 2. The van der Waals surface area contributed by atoms with Crippen molar-refractivity contribution in [2.45, 2.75) is 13.0 Å². The number of benzene rings is 2. The lowest BCUT2D eigenvalue weighted by atomic mass is 10.1. The number of carbonyl (C=O) groups excluding carboxylic acids is 1. The van der Waals surface area contributed by atoms with Gasteiger partial charge in [0.15, 0.2) is 0 Å². The molecule has 1 amide bonds. The molecule has 0 saturated carbocycles. The third-order valence-corrected chi connectivity index (χ3v) is 3.62. The lowest BCUT2D eigenvalue weighted by Crippen LogP contribution is -2.34. The lowest BCUT2D eigenvalue weighted by Gasteiger charge is -2.23. The molecule has 0 aliphatic carbocycles. The molecule has 4 nitrogen and oxygen atoms in total. The average molecular weight is 313 g/mol. The zero-order valence-corrected chi connectivity index (χ0v) is 13.7. The normalized spacial score (nSPS) is 10.3. The summed E-state index contributed by atoms with van der Waals surface area (Å²) in [5, 5.41) is 0. The van der Waals surface area contributed by atoms with E-state index in [1.54, 1.807) is 14.2 Å². The number of amides is 1.